The summed E-state index contributed by atoms with van der Waals surface area (Å²) in [6, 6.07) is 3.24. The lowest BCUT2D eigenvalue weighted by Gasteiger charge is -2.06. The Morgan fingerprint density at radius 3 is 2.87 bits per heavy atom. The molecule has 5 heteroatoms. The Labute approximate surface area is 95.7 Å². The van der Waals surface area contributed by atoms with Crippen molar-refractivity contribution in [2.45, 2.75) is 6.10 Å². The van der Waals surface area contributed by atoms with E-state index in [4.69, 9.17) is 23.2 Å². The van der Waals surface area contributed by atoms with Gasteiger partial charge in [0.2, 0.25) is 0 Å². The highest BCUT2D eigenvalue weighted by Crippen LogP contribution is 2.15. The first-order chi connectivity index (χ1) is 7.11. The van der Waals surface area contributed by atoms with Crippen LogP contribution in [0.5, 0.6) is 0 Å². The summed E-state index contributed by atoms with van der Waals surface area (Å²) in [5, 5.41) is 11.0. The molecule has 1 amide bonds. The van der Waals surface area contributed by atoms with Crippen LogP contribution in [0.15, 0.2) is 17.1 Å². The van der Waals surface area contributed by atoms with Crippen molar-refractivity contribution in [1.82, 2.24) is 0 Å². The third-order valence-electron chi connectivity index (χ3n) is 2.15. The summed E-state index contributed by atoms with van der Waals surface area (Å²) < 4.78 is 0. The predicted octanol–water partition coefficient (Wildman–Crippen LogP) is 0.552. The molecule has 0 aromatic heterocycles. The summed E-state index contributed by atoms with van der Waals surface area (Å²) in [4.78, 5) is 14.8. The van der Waals surface area contributed by atoms with E-state index in [9.17, 15) is 9.90 Å². The van der Waals surface area contributed by atoms with Gasteiger partial charge in [-0.3, -0.25) is 4.79 Å². The van der Waals surface area contributed by atoms with Crippen LogP contribution >= 0.6 is 23.2 Å². The van der Waals surface area contributed by atoms with E-state index in [1.807, 2.05) is 0 Å². The Bertz CT molecular complexity index is 539. The number of rotatable bonds is 2. The second-order valence-electron chi connectivity index (χ2n) is 3.21. The largest absolute Gasteiger partial charge is 0.387 e. The number of nitrogens with zero attached hydrogens (tertiary/aromatic N) is 1. The molecule has 0 spiro atoms. The molecule has 1 N–H and O–H groups in total. The maximum absolute atomic E-state index is 11.0. The quantitative estimate of drug-likeness (QED) is 0.772. The van der Waals surface area contributed by atoms with Gasteiger partial charge >= 0.3 is 0 Å². The van der Waals surface area contributed by atoms with Crippen molar-refractivity contribution in [2.75, 3.05) is 5.88 Å². The summed E-state index contributed by atoms with van der Waals surface area (Å²) in [5.74, 6) is -0.246. The van der Waals surface area contributed by atoms with Crippen LogP contribution in [0.4, 0.5) is 0 Å². The van der Waals surface area contributed by atoms with Crippen molar-refractivity contribution in [1.29, 1.82) is 0 Å². The van der Waals surface area contributed by atoms with Gasteiger partial charge in [-0.1, -0.05) is 11.6 Å². The molecule has 1 aliphatic heterocycles. The van der Waals surface area contributed by atoms with Gasteiger partial charge in [-0.2, -0.15) is 0 Å². The molecule has 2 rings (SSSR count). The highest BCUT2D eigenvalue weighted by molar-refractivity contribution is 6.30. The number of hydrogen-bond donors (Lipinski definition) is 1. The highest BCUT2D eigenvalue weighted by atomic mass is 35.5. The van der Waals surface area contributed by atoms with Gasteiger partial charge in [-0.15, -0.1) is 11.6 Å². The predicted molar refractivity (Wildman–Crippen MR) is 57.4 cm³/mol. The molecule has 0 bridgehead atoms. The minimum atomic E-state index is -0.779. The maximum atomic E-state index is 11.0. The number of benzene rings is 1. The average molecular weight is 244 g/mol. The maximum Gasteiger partial charge on any atom is 0.270 e. The fourth-order valence-electron chi connectivity index (χ4n) is 1.43. The van der Waals surface area contributed by atoms with Crippen LogP contribution in [0.2, 0.25) is 5.02 Å². The molecule has 1 aromatic rings. The number of amides is 1. The van der Waals surface area contributed by atoms with Crippen molar-refractivity contribution >= 4 is 35.2 Å². The summed E-state index contributed by atoms with van der Waals surface area (Å²) >= 11 is 11.4. The molecule has 3 nitrogen and oxygen atoms in total. The lowest BCUT2D eigenvalue weighted by atomic mass is 10.1. The van der Waals surface area contributed by atoms with Crippen LogP contribution in [0.1, 0.15) is 11.7 Å². The van der Waals surface area contributed by atoms with E-state index >= 15 is 0 Å². The van der Waals surface area contributed by atoms with E-state index in [2.05, 4.69) is 4.99 Å². The molecular weight excluding hydrogens is 237 g/mol. The summed E-state index contributed by atoms with van der Waals surface area (Å²) in [7, 11) is 0. The van der Waals surface area contributed by atoms with E-state index in [-0.39, 0.29) is 11.8 Å². The number of fused-ring (bicyclic) bond motifs is 1. The number of alkyl halides is 1. The number of halogens is 2. The van der Waals surface area contributed by atoms with Crippen LogP contribution in [0.3, 0.4) is 0 Å². The Morgan fingerprint density at radius 1 is 1.47 bits per heavy atom. The molecule has 0 radical (unpaired) electrons. The highest BCUT2D eigenvalue weighted by Gasteiger charge is 2.12. The molecule has 0 fully saturated rings. The van der Waals surface area contributed by atoms with Crippen molar-refractivity contribution in [3.63, 3.8) is 0 Å². The fourth-order valence-corrected chi connectivity index (χ4v) is 1.88. The second-order valence-corrected chi connectivity index (χ2v) is 3.92. The van der Waals surface area contributed by atoms with Gasteiger partial charge in [0.15, 0.2) is 0 Å². The first kappa shape index (κ1) is 10.6. The molecule has 1 aliphatic rings. The van der Waals surface area contributed by atoms with Crippen LogP contribution in [0.25, 0.3) is 6.08 Å². The van der Waals surface area contributed by atoms with Gasteiger partial charge in [-0.05, 0) is 17.7 Å². The van der Waals surface area contributed by atoms with Gasteiger partial charge in [-0.25, -0.2) is 4.99 Å². The zero-order valence-electron chi connectivity index (χ0n) is 7.58. The lowest BCUT2D eigenvalue weighted by Crippen LogP contribution is -2.24. The molecule has 0 aliphatic carbocycles. The van der Waals surface area contributed by atoms with Gasteiger partial charge in [0.25, 0.3) is 5.91 Å². The SMILES string of the molecule is O=C1C=c2cc([C@H](O)CCl)cc(Cl)c2=N1. The zero-order chi connectivity index (χ0) is 11.0. The van der Waals surface area contributed by atoms with Gasteiger partial charge < -0.3 is 5.11 Å². The van der Waals surface area contributed by atoms with Crippen LogP contribution < -0.4 is 10.6 Å². The van der Waals surface area contributed by atoms with E-state index in [1.165, 1.54) is 6.08 Å². The topological polar surface area (TPSA) is 49.7 Å². The molecule has 1 heterocycles. The molecule has 78 valence electrons. The third-order valence-corrected chi connectivity index (χ3v) is 2.73. The number of aliphatic hydroxyl groups is 1. The summed E-state index contributed by atoms with van der Waals surface area (Å²) in [5.41, 5.74) is 0.593. The average Bonchev–Trinajstić information content (AvgIpc) is 2.58. The molecule has 1 aromatic carbocycles. The second kappa shape index (κ2) is 3.93. The van der Waals surface area contributed by atoms with Gasteiger partial charge in [0.1, 0.15) is 0 Å². The summed E-state index contributed by atoms with van der Waals surface area (Å²) in [6.45, 7) is 0. The fraction of sp³-hybridized carbons (Fsp3) is 0.200. The number of carbonyl (C=O) groups is 1. The minimum absolute atomic E-state index is 0.0835. The molecule has 0 saturated heterocycles. The smallest absolute Gasteiger partial charge is 0.270 e. The van der Waals surface area contributed by atoms with Gasteiger partial charge in [0, 0.05) is 11.3 Å². The Hall–Kier alpha value is -0.900. The van der Waals surface area contributed by atoms with Crippen molar-refractivity contribution in [3.8, 4) is 0 Å². The standard InChI is InChI=1S/C10H7Cl2NO2/c11-4-8(14)5-1-6-3-9(15)13-10(6)7(12)2-5/h1-3,8,14H,4H2/t8-/m1/s1. The first-order valence-corrected chi connectivity index (χ1v) is 5.21. The number of carbonyl (C=O) groups excluding carboxylic acids is 1. The Kier molecular flexibility index (Phi) is 2.78. The summed E-state index contributed by atoms with van der Waals surface area (Å²) in [6.07, 6.45) is 0.602. The van der Waals surface area contributed by atoms with Crippen LogP contribution in [0, 0.1) is 0 Å². The van der Waals surface area contributed by atoms with Crippen molar-refractivity contribution in [3.05, 3.63) is 33.3 Å². The molecule has 15 heavy (non-hydrogen) atoms. The normalized spacial score (nSPS) is 15.5. The van der Waals surface area contributed by atoms with E-state index in [1.54, 1.807) is 12.1 Å². The Balaban J connectivity index is 2.65. The van der Waals surface area contributed by atoms with Crippen molar-refractivity contribution < 1.29 is 9.90 Å². The Morgan fingerprint density at radius 2 is 2.20 bits per heavy atom. The zero-order valence-corrected chi connectivity index (χ0v) is 9.09. The third kappa shape index (κ3) is 1.91. The van der Waals surface area contributed by atoms with Gasteiger partial charge in [0.05, 0.1) is 22.4 Å². The first-order valence-electron chi connectivity index (χ1n) is 4.29. The van der Waals surface area contributed by atoms with E-state index in [0.717, 1.165) is 0 Å². The van der Waals surface area contributed by atoms with Crippen LogP contribution in [-0.2, 0) is 4.79 Å². The lowest BCUT2D eigenvalue weighted by molar-refractivity contribution is -0.112. The monoisotopic (exact) mass is 243 g/mol. The molecule has 0 saturated carbocycles. The van der Waals surface area contributed by atoms with Crippen LogP contribution in [-0.4, -0.2) is 16.9 Å². The number of aliphatic hydroxyl groups excluding tert-OH is 1. The molecular formula is C10H7Cl2NO2. The number of hydrogen-bond acceptors (Lipinski definition) is 2. The minimum Gasteiger partial charge on any atom is -0.387 e. The van der Waals surface area contributed by atoms with E-state index in [0.29, 0.717) is 21.2 Å². The van der Waals surface area contributed by atoms with Crippen molar-refractivity contribution in [2.24, 2.45) is 4.99 Å². The molecule has 0 unspecified atom stereocenters. The van der Waals surface area contributed by atoms with E-state index < -0.39 is 6.10 Å². The molecule has 1 atom stereocenters.